The van der Waals surface area contributed by atoms with E-state index in [0.29, 0.717) is 5.69 Å². The van der Waals surface area contributed by atoms with Gasteiger partial charge in [0.1, 0.15) is 5.69 Å². The van der Waals surface area contributed by atoms with Crippen molar-refractivity contribution in [2.75, 3.05) is 0 Å². The van der Waals surface area contributed by atoms with Crippen molar-refractivity contribution < 1.29 is 9.18 Å². The Labute approximate surface area is 111 Å². The van der Waals surface area contributed by atoms with Gasteiger partial charge >= 0.3 is 5.69 Å². The summed E-state index contributed by atoms with van der Waals surface area (Å²) in [5.41, 5.74) is 0.455. The highest BCUT2D eigenvalue weighted by Gasteiger charge is 2.08. The summed E-state index contributed by atoms with van der Waals surface area (Å²) in [6.45, 7) is -0.0990. The van der Waals surface area contributed by atoms with E-state index in [9.17, 15) is 18.8 Å². The molecular formula is C11H10FN5O3. The van der Waals surface area contributed by atoms with Gasteiger partial charge in [0.25, 0.3) is 11.5 Å². The summed E-state index contributed by atoms with van der Waals surface area (Å²) in [6, 6.07) is 4.52. The van der Waals surface area contributed by atoms with Crippen molar-refractivity contribution >= 4 is 5.91 Å². The van der Waals surface area contributed by atoms with E-state index < -0.39 is 23.0 Å². The van der Waals surface area contributed by atoms with Crippen LogP contribution in [-0.4, -0.2) is 20.4 Å². The fourth-order valence-electron chi connectivity index (χ4n) is 1.54. The number of nitrogens with zero attached hydrogens (tertiary/aromatic N) is 2. The number of aromatic nitrogens is 3. The first-order valence-electron chi connectivity index (χ1n) is 5.47. The van der Waals surface area contributed by atoms with Crippen LogP contribution in [0.5, 0.6) is 0 Å². The molecule has 104 valence electrons. The van der Waals surface area contributed by atoms with Crippen LogP contribution >= 0.6 is 0 Å². The Kier molecular flexibility index (Phi) is 3.71. The Bertz CT molecular complexity index is 767. The molecule has 8 nitrogen and oxygen atoms in total. The third-order valence-electron chi connectivity index (χ3n) is 2.47. The van der Waals surface area contributed by atoms with Gasteiger partial charge in [0, 0.05) is 0 Å². The maximum Gasteiger partial charge on any atom is 0.328 e. The predicted octanol–water partition coefficient (Wildman–Crippen LogP) is -1.28. The number of nitrogens with two attached hydrogens (primary N) is 1. The van der Waals surface area contributed by atoms with Crippen LogP contribution in [0.4, 0.5) is 4.39 Å². The number of H-pyrrole nitrogens is 1. The molecule has 2 heterocycles. The molecule has 9 heteroatoms. The van der Waals surface area contributed by atoms with Crippen molar-refractivity contribution in [2.45, 2.75) is 6.54 Å². The SMILES string of the molecule is NNC(=O)c1cccc(Cn2cc(F)c(=O)[nH]c2=O)n1. The van der Waals surface area contributed by atoms with Gasteiger partial charge < -0.3 is 0 Å². The quantitative estimate of drug-likeness (QED) is 0.367. The molecule has 1 amide bonds. The van der Waals surface area contributed by atoms with Gasteiger partial charge in [-0.25, -0.2) is 15.6 Å². The van der Waals surface area contributed by atoms with Gasteiger partial charge in [-0.2, -0.15) is 4.39 Å². The summed E-state index contributed by atoms with van der Waals surface area (Å²) in [5, 5.41) is 0. The van der Waals surface area contributed by atoms with Crippen LogP contribution in [0.2, 0.25) is 0 Å². The van der Waals surface area contributed by atoms with Crippen LogP contribution < -0.4 is 22.5 Å². The van der Waals surface area contributed by atoms with Gasteiger partial charge in [-0.1, -0.05) is 6.07 Å². The molecular weight excluding hydrogens is 269 g/mol. The molecule has 2 aromatic rings. The zero-order valence-electron chi connectivity index (χ0n) is 10.1. The average Bonchev–Trinajstić information content (AvgIpc) is 2.44. The summed E-state index contributed by atoms with van der Waals surface area (Å²) < 4.78 is 14.1. The molecule has 0 aromatic carbocycles. The Balaban J connectivity index is 2.36. The Morgan fingerprint density at radius 2 is 2.20 bits per heavy atom. The molecule has 0 aliphatic heterocycles. The van der Waals surface area contributed by atoms with Gasteiger partial charge in [-0.15, -0.1) is 0 Å². The number of nitrogens with one attached hydrogen (secondary N) is 2. The number of carbonyl (C=O) groups excluding carboxylic acids is 1. The lowest BCUT2D eigenvalue weighted by atomic mass is 10.3. The molecule has 0 radical (unpaired) electrons. The summed E-state index contributed by atoms with van der Waals surface area (Å²) in [5.74, 6) is 3.31. The first-order valence-corrected chi connectivity index (χ1v) is 5.47. The number of aromatic amines is 1. The van der Waals surface area contributed by atoms with Crippen molar-refractivity contribution in [3.05, 3.63) is 62.4 Å². The van der Waals surface area contributed by atoms with Gasteiger partial charge in [0.15, 0.2) is 0 Å². The van der Waals surface area contributed by atoms with E-state index >= 15 is 0 Å². The van der Waals surface area contributed by atoms with Crippen LogP contribution in [0.1, 0.15) is 16.2 Å². The van der Waals surface area contributed by atoms with Crippen molar-refractivity contribution in [1.82, 2.24) is 20.0 Å². The number of amides is 1. The minimum atomic E-state index is -1.09. The Hall–Kier alpha value is -2.81. The summed E-state index contributed by atoms with van der Waals surface area (Å²) in [4.78, 5) is 39.5. The zero-order valence-corrected chi connectivity index (χ0v) is 10.1. The number of halogens is 1. The molecule has 20 heavy (non-hydrogen) atoms. The number of rotatable bonds is 3. The third-order valence-corrected chi connectivity index (χ3v) is 2.47. The van der Waals surface area contributed by atoms with E-state index in [0.717, 1.165) is 10.8 Å². The van der Waals surface area contributed by atoms with Crippen LogP contribution in [0.15, 0.2) is 34.0 Å². The molecule has 2 aromatic heterocycles. The molecule has 4 N–H and O–H groups in total. The van der Waals surface area contributed by atoms with Crippen LogP contribution in [-0.2, 0) is 6.54 Å². The number of hydrogen-bond donors (Lipinski definition) is 3. The van der Waals surface area contributed by atoms with Crippen LogP contribution in [0, 0.1) is 5.82 Å². The first-order chi connectivity index (χ1) is 9.51. The van der Waals surface area contributed by atoms with E-state index in [2.05, 4.69) is 4.98 Å². The highest BCUT2D eigenvalue weighted by Crippen LogP contribution is 2.01. The highest BCUT2D eigenvalue weighted by atomic mass is 19.1. The van der Waals surface area contributed by atoms with E-state index in [1.807, 2.05) is 10.4 Å². The number of nitrogen functional groups attached to an aromatic ring is 1. The monoisotopic (exact) mass is 279 g/mol. The lowest BCUT2D eigenvalue weighted by Crippen LogP contribution is -2.32. The summed E-state index contributed by atoms with van der Waals surface area (Å²) in [7, 11) is 0. The minimum Gasteiger partial charge on any atom is -0.292 e. The van der Waals surface area contributed by atoms with Gasteiger partial charge in [0.2, 0.25) is 5.82 Å². The molecule has 0 spiro atoms. The molecule has 0 aliphatic rings. The van der Waals surface area contributed by atoms with Gasteiger partial charge in [-0.05, 0) is 12.1 Å². The molecule has 0 saturated carbocycles. The molecule has 0 fully saturated rings. The van der Waals surface area contributed by atoms with Gasteiger partial charge in [-0.3, -0.25) is 24.6 Å². The van der Waals surface area contributed by atoms with Crippen molar-refractivity contribution in [3.8, 4) is 0 Å². The van der Waals surface area contributed by atoms with E-state index in [4.69, 9.17) is 5.84 Å². The van der Waals surface area contributed by atoms with Crippen molar-refractivity contribution in [1.29, 1.82) is 0 Å². The lowest BCUT2D eigenvalue weighted by Gasteiger charge is -2.06. The summed E-state index contributed by atoms with van der Waals surface area (Å²) >= 11 is 0. The first kappa shape index (κ1) is 13.6. The second kappa shape index (κ2) is 5.45. The number of hydrazine groups is 1. The molecule has 0 atom stereocenters. The smallest absolute Gasteiger partial charge is 0.292 e. The largest absolute Gasteiger partial charge is 0.328 e. The molecule has 2 rings (SSSR count). The molecule has 0 bridgehead atoms. The fourth-order valence-corrected chi connectivity index (χ4v) is 1.54. The standard InChI is InChI=1S/C11H10FN5O3/c12-7-5-17(11(20)15-9(7)18)4-6-2-1-3-8(14-6)10(19)16-13/h1-3,5H,4,13H2,(H,16,19)(H,15,18,20). The minimum absolute atomic E-state index is 0.0583. The fraction of sp³-hybridized carbons (Fsp3) is 0.0909. The van der Waals surface area contributed by atoms with E-state index in [-0.39, 0.29) is 12.2 Å². The number of pyridine rings is 1. The number of carbonyl (C=O) groups is 1. The molecule has 0 unspecified atom stereocenters. The highest BCUT2D eigenvalue weighted by molar-refractivity contribution is 5.91. The maximum absolute atomic E-state index is 13.1. The third kappa shape index (κ3) is 2.78. The molecule has 0 saturated heterocycles. The Morgan fingerprint density at radius 3 is 2.90 bits per heavy atom. The lowest BCUT2D eigenvalue weighted by molar-refractivity contribution is 0.0948. The van der Waals surface area contributed by atoms with Crippen molar-refractivity contribution in [3.63, 3.8) is 0 Å². The van der Waals surface area contributed by atoms with Gasteiger partial charge in [0.05, 0.1) is 18.4 Å². The Morgan fingerprint density at radius 1 is 1.45 bits per heavy atom. The average molecular weight is 279 g/mol. The van der Waals surface area contributed by atoms with Crippen LogP contribution in [0.3, 0.4) is 0 Å². The summed E-state index contributed by atoms with van der Waals surface area (Å²) in [6.07, 6.45) is 0.776. The second-order valence-corrected chi connectivity index (χ2v) is 3.85. The topological polar surface area (TPSA) is 123 Å². The van der Waals surface area contributed by atoms with Crippen molar-refractivity contribution in [2.24, 2.45) is 5.84 Å². The van der Waals surface area contributed by atoms with E-state index in [1.165, 1.54) is 6.07 Å². The normalized spacial score (nSPS) is 10.3. The number of hydrogen-bond acceptors (Lipinski definition) is 5. The van der Waals surface area contributed by atoms with E-state index in [1.54, 1.807) is 12.1 Å². The maximum atomic E-state index is 13.1. The molecule has 0 aliphatic carbocycles. The predicted molar refractivity (Wildman–Crippen MR) is 66.3 cm³/mol. The second-order valence-electron chi connectivity index (χ2n) is 3.85. The van der Waals surface area contributed by atoms with Crippen LogP contribution in [0.25, 0.3) is 0 Å². The zero-order chi connectivity index (χ0) is 14.7.